The normalized spacial score (nSPS) is 12.4. The van der Waals surface area contributed by atoms with Crippen molar-refractivity contribution in [3.8, 4) is 0 Å². The second kappa shape index (κ2) is 6.49. The quantitative estimate of drug-likeness (QED) is 0.719. The van der Waals surface area contributed by atoms with E-state index in [2.05, 4.69) is 56.9 Å². The summed E-state index contributed by atoms with van der Waals surface area (Å²) in [7, 11) is 0. The van der Waals surface area contributed by atoms with Crippen molar-refractivity contribution in [3.63, 3.8) is 0 Å². The fourth-order valence-corrected chi connectivity index (χ4v) is 1.95. The van der Waals surface area contributed by atoms with Crippen LogP contribution in [0.2, 0.25) is 0 Å². The van der Waals surface area contributed by atoms with E-state index in [0.717, 1.165) is 19.4 Å². The number of nitrogens with one attached hydrogen (secondary N) is 1. The van der Waals surface area contributed by atoms with E-state index in [1.165, 1.54) is 16.7 Å². The molecular weight excluding hydrogens is 194 g/mol. The first-order valence-electron chi connectivity index (χ1n) is 6.07. The van der Waals surface area contributed by atoms with E-state index in [9.17, 15) is 0 Å². The molecule has 0 saturated carbocycles. The Hall–Kier alpha value is -1.08. The lowest BCUT2D eigenvalue weighted by atomic mass is 10.00. The number of likely N-dealkylation sites (N-methyl/N-ethyl adjacent to an activating group) is 1. The Labute approximate surface area is 99.6 Å². The second-order valence-electron chi connectivity index (χ2n) is 4.48. The molecule has 16 heavy (non-hydrogen) atoms. The molecule has 0 saturated heterocycles. The molecule has 0 aliphatic carbocycles. The van der Waals surface area contributed by atoms with Crippen molar-refractivity contribution in [2.75, 3.05) is 6.54 Å². The van der Waals surface area contributed by atoms with Gasteiger partial charge in [0.2, 0.25) is 0 Å². The van der Waals surface area contributed by atoms with Gasteiger partial charge in [0.15, 0.2) is 0 Å². The van der Waals surface area contributed by atoms with Crippen LogP contribution in [0.1, 0.15) is 31.4 Å². The third-order valence-corrected chi connectivity index (χ3v) is 2.85. The van der Waals surface area contributed by atoms with Gasteiger partial charge in [-0.3, -0.25) is 0 Å². The highest BCUT2D eigenvalue weighted by atomic mass is 14.9. The number of rotatable bonds is 6. The summed E-state index contributed by atoms with van der Waals surface area (Å²) in [6.45, 7) is 11.4. The van der Waals surface area contributed by atoms with E-state index in [-0.39, 0.29) is 0 Å². The average molecular weight is 217 g/mol. The van der Waals surface area contributed by atoms with Crippen LogP contribution in [0.25, 0.3) is 0 Å². The molecule has 0 heterocycles. The topological polar surface area (TPSA) is 12.0 Å². The van der Waals surface area contributed by atoms with Gasteiger partial charge in [0.25, 0.3) is 0 Å². The van der Waals surface area contributed by atoms with Crippen LogP contribution in [0.5, 0.6) is 0 Å². The number of benzene rings is 1. The molecule has 0 aliphatic rings. The fourth-order valence-electron chi connectivity index (χ4n) is 1.95. The van der Waals surface area contributed by atoms with Crippen LogP contribution in [-0.4, -0.2) is 12.6 Å². The van der Waals surface area contributed by atoms with Gasteiger partial charge >= 0.3 is 0 Å². The van der Waals surface area contributed by atoms with E-state index < -0.39 is 0 Å². The van der Waals surface area contributed by atoms with Gasteiger partial charge < -0.3 is 5.32 Å². The molecule has 0 fully saturated rings. The van der Waals surface area contributed by atoms with E-state index in [1.807, 2.05) is 0 Å². The Balaban J connectivity index is 2.51. The van der Waals surface area contributed by atoms with Crippen molar-refractivity contribution < 1.29 is 0 Å². The molecule has 0 aromatic heterocycles. The van der Waals surface area contributed by atoms with Crippen LogP contribution in [-0.2, 0) is 6.42 Å². The Morgan fingerprint density at radius 2 is 2.19 bits per heavy atom. The highest BCUT2D eigenvalue weighted by Gasteiger charge is 2.07. The SMILES string of the molecule is C=C(C)C(CCc1cccc(C)c1)NCC. The molecule has 1 N–H and O–H groups in total. The highest BCUT2D eigenvalue weighted by Crippen LogP contribution is 2.11. The van der Waals surface area contributed by atoms with Crippen molar-refractivity contribution in [1.82, 2.24) is 5.32 Å². The molecule has 1 heteroatoms. The predicted octanol–water partition coefficient (Wildman–Crippen LogP) is 3.48. The number of hydrogen-bond donors (Lipinski definition) is 1. The van der Waals surface area contributed by atoms with Crippen LogP contribution in [0.15, 0.2) is 36.4 Å². The first-order valence-corrected chi connectivity index (χ1v) is 6.07. The summed E-state index contributed by atoms with van der Waals surface area (Å²) in [4.78, 5) is 0. The van der Waals surface area contributed by atoms with Gasteiger partial charge in [-0.05, 0) is 38.8 Å². The molecular formula is C15H23N. The minimum Gasteiger partial charge on any atom is -0.311 e. The fraction of sp³-hybridized carbons (Fsp3) is 0.467. The average Bonchev–Trinajstić information content (AvgIpc) is 2.24. The monoisotopic (exact) mass is 217 g/mol. The first kappa shape index (κ1) is 13.0. The van der Waals surface area contributed by atoms with Crippen LogP contribution < -0.4 is 5.32 Å². The van der Waals surface area contributed by atoms with Gasteiger partial charge in [-0.15, -0.1) is 0 Å². The molecule has 1 unspecified atom stereocenters. The lowest BCUT2D eigenvalue weighted by molar-refractivity contribution is 0.552. The van der Waals surface area contributed by atoms with Gasteiger partial charge in [0, 0.05) is 6.04 Å². The maximum absolute atomic E-state index is 4.04. The van der Waals surface area contributed by atoms with Crippen LogP contribution in [0.4, 0.5) is 0 Å². The summed E-state index contributed by atoms with van der Waals surface area (Å²) in [6, 6.07) is 9.19. The smallest absolute Gasteiger partial charge is 0.0277 e. The van der Waals surface area contributed by atoms with Crippen LogP contribution in [0.3, 0.4) is 0 Å². The molecule has 0 amide bonds. The molecule has 88 valence electrons. The minimum atomic E-state index is 0.450. The summed E-state index contributed by atoms with van der Waals surface area (Å²) >= 11 is 0. The zero-order valence-corrected chi connectivity index (χ0v) is 10.7. The van der Waals surface area contributed by atoms with Gasteiger partial charge in [0.1, 0.15) is 0 Å². The Kier molecular flexibility index (Phi) is 5.27. The molecule has 1 atom stereocenters. The lowest BCUT2D eigenvalue weighted by Crippen LogP contribution is -2.30. The second-order valence-corrected chi connectivity index (χ2v) is 4.48. The van der Waals surface area contributed by atoms with Gasteiger partial charge in [-0.2, -0.15) is 0 Å². The zero-order valence-electron chi connectivity index (χ0n) is 10.7. The predicted molar refractivity (Wildman–Crippen MR) is 71.8 cm³/mol. The maximum Gasteiger partial charge on any atom is 0.0277 e. The number of aryl methyl sites for hydroxylation is 2. The maximum atomic E-state index is 4.04. The van der Waals surface area contributed by atoms with E-state index in [1.54, 1.807) is 0 Å². The lowest BCUT2D eigenvalue weighted by Gasteiger charge is -2.17. The van der Waals surface area contributed by atoms with Crippen molar-refractivity contribution in [1.29, 1.82) is 0 Å². The summed E-state index contributed by atoms with van der Waals surface area (Å²) in [5, 5.41) is 3.47. The van der Waals surface area contributed by atoms with Gasteiger partial charge in [0.05, 0.1) is 0 Å². The largest absolute Gasteiger partial charge is 0.311 e. The molecule has 1 rings (SSSR count). The molecule has 0 radical (unpaired) electrons. The van der Waals surface area contributed by atoms with Gasteiger partial charge in [-0.1, -0.05) is 48.9 Å². The molecule has 0 aliphatic heterocycles. The first-order chi connectivity index (χ1) is 7.63. The summed E-state index contributed by atoms with van der Waals surface area (Å²) in [5.74, 6) is 0. The number of hydrogen-bond acceptors (Lipinski definition) is 1. The minimum absolute atomic E-state index is 0.450. The van der Waals surface area contributed by atoms with E-state index >= 15 is 0 Å². The third-order valence-electron chi connectivity index (χ3n) is 2.85. The summed E-state index contributed by atoms with van der Waals surface area (Å²) < 4.78 is 0. The highest BCUT2D eigenvalue weighted by molar-refractivity contribution is 5.22. The van der Waals surface area contributed by atoms with Crippen molar-refractivity contribution >= 4 is 0 Å². The van der Waals surface area contributed by atoms with Crippen molar-refractivity contribution in [2.45, 2.75) is 39.7 Å². The zero-order chi connectivity index (χ0) is 12.0. The Morgan fingerprint density at radius 3 is 2.75 bits per heavy atom. The van der Waals surface area contributed by atoms with Crippen LogP contribution >= 0.6 is 0 Å². The molecule has 0 spiro atoms. The molecule has 1 nitrogen and oxygen atoms in total. The van der Waals surface area contributed by atoms with Gasteiger partial charge in [-0.25, -0.2) is 0 Å². The standard InChI is InChI=1S/C15H23N/c1-5-16-15(12(2)3)10-9-14-8-6-7-13(4)11-14/h6-8,11,15-16H,2,5,9-10H2,1,3-4H3. The Bertz CT molecular complexity index is 341. The van der Waals surface area contributed by atoms with E-state index in [4.69, 9.17) is 0 Å². The van der Waals surface area contributed by atoms with Crippen molar-refractivity contribution in [3.05, 3.63) is 47.5 Å². The van der Waals surface area contributed by atoms with Crippen LogP contribution in [0, 0.1) is 6.92 Å². The third kappa shape index (κ3) is 4.19. The Morgan fingerprint density at radius 1 is 1.44 bits per heavy atom. The molecule has 1 aromatic carbocycles. The van der Waals surface area contributed by atoms with Crippen molar-refractivity contribution in [2.24, 2.45) is 0 Å². The molecule has 1 aromatic rings. The van der Waals surface area contributed by atoms with E-state index in [0.29, 0.717) is 6.04 Å². The molecule has 0 bridgehead atoms. The summed E-state index contributed by atoms with van der Waals surface area (Å²) in [5.41, 5.74) is 3.99. The summed E-state index contributed by atoms with van der Waals surface area (Å²) in [6.07, 6.45) is 2.25.